The summed E-state index contributed by atoms with van der Waals surface area (Å²) in [6.07, 6.45) is 0. The third kappa shape index (κ3) is 1.80. The van der Waals surface area contributed by atoms with Crippen LogP contribution < -0.4 is 4.74 Å². The molecular formula is C12H11BrO4. The number of hydrogen-bond acceptors (Lipinski definition) is 4. The lowest BCUT2D eigenvalue weighted by atomic mass is 10.1. The van der Waals surface area contributed by atoms with Crippen molar-refractivity contribution in [3.63, 3.8) is 0 Å². The van der Waals surface area contributed by atoms with E-state index >= 15 is 0 Å². The Hall–Kier alpha value is -1.49. The molecule has 0 spiro atoms. The third-order valence-corrected chi connectivity index (χ3v) is 3.37. The fraction of sp³-hybridized carbons (Fsp3) is 0.250. The van der Waals surface area contributed by atoms with Crippen LogP contribution in [-0.2, 0) is 4.74 Å². The summed E-state index contributed by atoms with van der Waals surface area (Å²) in [5.74, 6) is 0.429. The molecule has 0 saturated carbocycles. The number of esters is 1. The second-order valence-corrected chi connectivity index (χ2v) is 4.30. The number of rotatable bonds is 2. The van der Waals surface area contributed by atoms with Crippen LogP contribution in [0.15, 0.2) is 21.0 Å². The van der Waals surface area contributed by atoms with Crippen LogP contribution in [0.3, 0.4) is 0 Å². The summed E-state index contributed by atoms with van der Waals surface area (Å²) in [6.45, 7) is 1.81. The molecule has 0 amide bonds. The zero-order valence-electron chi connectivity index (χ0n) is 9.67. The third-order valence-electron chi connectivity index (χ3n) is 2.59. The summed E-state index contributed by atoms with van der Waals surface area (Å²) in [4.78, 5) is 11.5. The number of furan rings is 1. The van der Waals surface area contributed by atoms with Crippen molar-refractivity contribution in [1.29, 1.82) is 0 Å². The minimum Gasteiger partial charge on any atom is -0.496 e. The number of halogens is 1. The van der Waals surface area contributed by atoms with Crippen molar-refractivity contribution in [1.82, 2.24) is 0 Å². The molecule has 0 fully saturated rings. The molecule has 2 rings (SSSR count). The average molecular weight is 299 g/mol. The van der Waals surface area contributed by atoms with Gasteiger partial charge < -0.3 is 13.9 Å². The van der Waals surface area contributed by atoms with E-state index in [0.717, 1.165) is 15.4 Å². The highest BCUT2D eigenvalue weighted by molar-refractivity contribution is 9.10. The SMILES string of the molecule is COC(=O)c1oc2ccc(OC)c(Br)c2c1C. The van der Waals surface area contributed by atoms with Crippen molar-refractivity contribution >= 4 is 32.9 Å². The van der Waals surface area contributed by atoms with Gasteiger partial charge in [0.1, 0.15) is 11.3 Å². The minimum atomic E-state index is -0.482. The summed E-state index contributed by atoms with van der Waals surface area (Å²) in [5.41, 5.74) is 1.35. The van der Waals surface area contributed by atoms with Crippen LogP contribution in [0.5, 0.6) is 5.75 Å². The maximum Gasteiger partial charge on any atom is 0.374 e. The molecule has 0 atom stereocenters. The molecule has 1 heterocycles. The van der Waals surface area contributed by atoms with Gasteiger partial charge in [-0.05, 0) is 35.0 Å². The zero-order valence-corrected chi connectivity index (χ0v) is 11.3. The number of methoxy groups -OCH3 is 2. The lowest BCUT2D eigenvalue weighted by molar-refractivity contribution is 0.0566. The van der Waals surface area contributed by atoms with E-state index in [2.05, 4.69) is 20.7 Å². The Bertz CT molecular complexity index is 586. The summed E-state index contributed by atoms with van der Waals surface area (Å²) < 4.78 is 16.1. The van der Waals surface area contributed by atoms with Crippen LogP contribution in [0, 0.1) is 6.92 Å². The van der Waals surface area contributed by atoms with Crippen LogP contribution in [0.25, 0.3) is 11.0 Å². The molecule has 1 aromatic heterocycles. The van der Waals surface area contributed by atoms with Crippen LogP contribution in [0.2, 0.25) is 0 Å². The van der Waals surface area contributed by atoms with Gasteiger partial charge in [0.25, 0.3) is 0 Å². The van der Waals surface area contributed by atoms with E-state index in [0.29, 0.717) is 11.3 Å². The highest BCUT2D eigenvalue weighted by Crippen LogP contribution is 2.37. The lowest BCUT2D eigenvalue weighted by Gasteiger charge is -2.03. The molecule has 0 aliphatic carbocycles. The summed E-state index contributed by atoms with van der Waals surface area (Å²) >= 11 is 3.44. The molecular weight excluding hydrogens is 288 g/mol. The van der Waals surface area contributed by atoms with Crippen molar-refractivity contribution in [2.45, 2.75) is 6.92 Å². The first-order chi connectivity index (χ1) is 8.10. The molecule has 0 aliphatic heterocycles. The van der Waals surface area contributed by atoms with Gasteiger partial charge in [-0.25, -0.2) is 4.79 Å². The average Bonchev–Trinajstić information content (AvgIpc) is 2.67. The summed E-state index contributed by atoms with van der Waals surface area (Å²) in [7, 11) is 2.91. The smallest absolute Gasteiger partial charge is 0.374 e. The largest absolute Gasteiger partial charge is 0.496 e. The van der Waals surface area contributed by atoms with E-state index < -0.39 is 5.97 Å². The Morgan fingerprint density at radius 2 is 2.06 bits per heavy atom. The van der Waals surface area contributed by atoms with Gasteiger partial charge in [-0.15, -0.1) is 0 Å². The van der Waals surface area contributed by atoms with Crippen molar-refractivity contribution in [3.05, 3.63) is 27.9 Å². The van der Waals surface area contributed by atoms with Gasteiger partial charge in [0, 0.05) is 10.9 Å². The molecule has 0 unspecified atom stereocenters. The molecule has 0 aliphatic rings. The number of carbonyl (C=O) groups is 1. The molecule has 17 heavy (non-hydrogen) atoms. The lowest BCUT2D eigenvalue weighted by Crippen LogP contribution is -2.00. The number of aryl methyl sites for hydroxylation is 1. The van der Waals surface area contributed by atoms with Crippen LogP contribution >= 0.6 is 15.9 Å². The second-order valence-electron chi connectivity index (χ2n) is 3.50. The van der Waals surface area contributed by atoms with Crippen molar-refractivity contribution in [2.24, 2.45) is 0 Å². The van der Waals surface area contributed by atoms with Gasteiger partial charge in [-0.2, -0.15) is 0 Å². The van der Waals surface area contributed by atoms with Crippen LogP contribution in [-0.4, -0.2) is 20.2 Å². The number of fused-ring (bicyclic) bond motifs is 1. The maximum atomic E-state index is 11.5. The number of ether oxygens (including phenoxy) is 2. The van der Waals surface area contributed by atoms with E-state index in [-0.39, 0.29) is 5.76 Å². The van der Waals surface area contributed by atoms with E-state index in [1.807, 2.05) is 6.92 Å². The molecule has 4 nitrogen and oxygen atoms in total. The predicted molar refractivity (Wildman–Crippen MR) is 66.5 cm³/mol. The molecule has 1 aromatic carbocycles. The Kier molecular flexibility index (Phi) is 3.11. The second kappa shape index (κ2) is 4.41. The van der Waals surface area contributed by atoms with Gasteiger partial charge >= 0.3 is 5.97 Å². The standard InChI is InChI=1S/C12H11BrO4/c1-6-9-7(17-11(6)12(14)16-3)4-5-8(15-2)10(9)13/h4-5H,1-3H3. The minimum absolute atomic E-state index is 0.219. The topological polar surface area (TPSA) is 48.7 Å². The quantitative estimate of drug-likeness (QED) is 0.798. The molecule has 0 N–H and O–H groups in total. The summed E-state index contributed by atoms with van der Waals surface area (Å²) in [6, 6.07) is 3.54. The number of benzene rings is 1. The molecule has 0 radical (unpaired) electrons. The Morgan fingerprint density at radius 3 is 2.65 bits per heavy atom. The fourth-order valence-corrected chi connectivity index (χ4v) is 2.51. The first-order valence-corrected chi connectivity index (χ1v) is 5.73. The fourth-order valence-electron chi connectivity index (χ4n) is 1.72. The maximum absolute atomic E-state index is 11.5. The van der Waals surface area contributed by atoms with Crippen LogP contribution in [0.1, 0.15) is 16.1 Å². The predicted octanol–water partition coefficient (Wildman–Crippen LogP) is 3.30. The van der Waals surface area contributed by atoms with Gasteiger partial charge in [-0.1, -0.05) is 0 Å². The highest BCUT2D eigenvalue weighted by Gasteiger charge is 2.21. The monoisotopic (exact) mass is 298 g/mol. The normalized spacial score (nSPS) is 10.6. The number of carbonyl (C=O) groups excluding carboxylic acids is 1. The van der Waals surface area contributed by atoms with Crippen molar-refractivity contribution in [2.75, 3.05) is 14.2 Å². The summed E-state index contributed by atoms with van der Waals surface area (Å²) in [5, 5.41) is 0.824. The molecule has 2 aromatic rings. The van der Waals surface area contributed by atoms with Crippen molar-refractivity contribution in [3.8, 4) is 5.75 Å². The Morgan fingerprint density at radius 1 is 1.35 bits per heavy atom. The van der Waals surface area contributed by atoms with Gasteiger partial charge in [0.2, 0.25) is 5.76 Å². The molecule has 5 heteroatoms. The first-order valence-electron chi connectivity index (χ1n) is 4.94. The van der Waals surface area contributed by atoms with Gasteiger partial charge in [-0.3, -0.25) is 0 Å². The molecule has 0 bridgehead atoms. The van der Waals surface area contributed by atoms with E-state index in [4.69, 9.17) is 9.15 Å². The van der Waals surface area contributed by atoms with E-state index in [1.165, 1.54) is 7.11 Å². The van der Waals surface area contributed by atoms with Gasteiger partial charge in [0.15, 0.2) is 0 Å². The molecule has 90 valence electrons. The van der Waals surface area contributed by atoms with E-state index in [1.54, 1.807) is 19.2 Å². The molecule has 0 saturated heterocycles. The van der Waals surface area contributed by atoms with E-state index in [9.17, 15) is 4.79 Å². The zero-order chi connectivity index (χ0) is 12.6. The van der Waals surface area contributed by atoms with Crippen LogP contribution in [0.4, 0.5) is 0 Å². The number of hydrogen-bond donors (Lipinski definition) is 0. The highest BCUT2D eigenvalue weighted by atomic mass is 79.9. The van der Waals surface area contributed by atoms with Gasteiger partial charge in [0.05, 0.1) is 18.7 Å². The first kappa shape index (κ1) is 12.0. The Balaban J connectivity index is 2.75. The Labute approximate surface area is 107 Å². The van der Waals surface area contributed by atoms with Crippen molar-refractivity contribution < 1.29 is 18.7 Å².